The molecule has 49 valence electrons. The Morgan fingerprint density at radius 2 is 2.22 bits per heavy atom. The molecule has 2 aliphatic heterocycles. The summed E-state index contributed by atoms with van der Waals surface area (Å²) in [4.78, 5) is 2.53. The van der Waals surface area contributed by atoms with Gasteiger partial charge in [0.25, 0.3) is 0 Å². The number of likely N-dealkylation sites (tertiary alicyclic amines) is 1. The monoisotopic (exact) mass is 122 g/mol. The molecule has 2 rings (SSSR count). The Hall–Kier alpha value is 0.0249. The van der Waals surface area contributed by atoms with Gasteiger partial charge in [-0.2, -0.15) is 0 Å². The van der Waals surface area contributed by atoms with Crippen molar-refractivity contribution in [1.82, 2.24) is 4.90 Å². The zero-order valence-corrected chi connectivity index (χ0v) is 6.06. The second kappa shape index (κ2) is 1.75. The Balaban J connectivity index is 2.09. The fourth-order valence-corrected chi connectivity index (χ4v) is 2.07. The summed E-state index contributed by atoms with van der Waals surface area (Å²) in [5, 5.41) is 0. The lowest BCUT2D eigenvalue weighted by Gasteiger charge is -2.44. The van der Waals surface area contributed by atoms with Gasteiger partial charge >= 0.3 is 0 Å². The van der Waals surface area contributed by atoms with E-state index in [1.807, 2.05) is 0 Å². The van der Waals surface area contributed by atoms with Crippen LogP contribution in [0, 0.1) is 0 Å². The fourth-order valence-electron chi connectivity index (χ4n) is 2.07. The van der Waals surface area contributed by atoms with E-state index in [4.69, 9.17) is 0 Å². The molecule has 0 atom stereocenters. The number of nitrogens with zero attached hydrogens (tertiary/aromatic N) is 1. The molecule has 9 heavy (non-hydrogen) atoms. The smallest absolute Gasteiger partial charge is 0.114 e. The van der Waals surface area contributed by atoms with E-state index in [-0.39, 0.29) is 0 Å². The predicted molar refractivity (Wildman–Crippen MR) is 40.0 cm³/mol. The molecule has 0 aromatic heterocycles. The lowest BCUT2D eigenvalue weighted by atomic mass is 9.46. The van der Waals surface area contributed by atoms with Gasteiger partial charge in [-0.05, 0) is 26.4 Å². The van der Waals surface area contributed by atoms with Crippen LogP contribution in [-0.4, -0.2) is 31.3 Å². The van der Waals surface area contributed by atoms with Gasteiger partial charge < -0.3 is 4.90 Å². The van der Waals surface area contributed by atoms with Crippen molar-refractivity contribution in [2.75, 3.05) is 13.6 Å². The van der Waals surface area contributed by atoms with Gasteiger partial charge in [-0.1, -0.05) is 12.6 Å². The van der Waals surface area contributed by atoms with Crippen LogP contribution in [0.1, 0.15) is 12.8 Å². The molecule has 0 aromatic rings. The van der Waals surface area contributed by atoms with Crippen molar-refractivity contribution in [2.45, 2.75) is 31.0 Å². The molecular weight excluding hydrogens is 109 g/mol. The van der Waals surface area contributed by atoms with Gasteiger partial charge in [-0.15, -0.1) is 0 Å². The van der Waals surface area contributed by atoms with Gasteiger partial charge in [-0.3, -0.25) is 0 Å². The standard InChI is InChI=1S/C7H13BN/c1-9-4-2-3-7(9)5-8-6-7/h2-6H2,1H3. The van der Waals surface area contributed by atoms with Crippen LogP contribution < -0.4 is 0 Å². The minimum atomic E-state index is 0.653. The topological polar surface area (TPSA) is 3.24 Å². The second-order valence-electron chi connectivity index (χ2n) is 3.45. The second-order valence-corrected chi connectivity index (χ2v) is 3.45. The number of hydrogen-bond donors (Lipinski definition) is 0. The Kier molecular flexibility index (Phi) is 1.13. The van der Waals surface area contributed by atoms with Crippen LogP contribution >= 0.6 is 0 Å². The van der Waals surface area contributed by atoms with Gasteiger partial charge in [0.1, 0.15) is 7.28 Å². The fraction of sp³-hybridized carbons (Fsp3) is 1.00. The molecule has 1 radical (unpaired) electrons. The van der Waals surface area contributed by atoms with Crippen LogP contribution in [0.25, 0.3) is 0 Å². The molecule has 0 unspecified atom stereocenters. The predicted octanol–water partition coefficient (Wildman–Crippen LogP) is 1.01. The van der Waals surface area contributed by atoms with Crippen molar-refractivity contribution in [3.63, 3.8) is 0 Å². The maximum Gasteiger partial charge on any atom is 0.114 e. The molecule has 2 heterocycles. The van der Waals surface area contributed by atoms with Gasteiger partial charge in [0.2, 0.25) is 0 Å². The molecule has 1 spiro atoms. The first-order valence-corrected chi connectivity index (χ1v) is 3.86. The lowest BCUT2D eigenvalue weighted by Crippen LogP contribution is -2.49. The highest BCUT2D eigenvalue weighted by Gasteiger charge is 2.43. The summed E-state index contributed by atoms with van der Waals surface area (Å²) >= 11 is 0. The molecule has 0 amide bonds. The Morgan fingerprint density at radius 1 is 1.44 bits per heavy atom. The molecule has 2 saturated heterocycles. The molecule has 1 nitrogen and oxygen atoms in total. The molecule has 0 aliphatic carbocycles. The van der Waals surface area contributed by atoms with Gasteiger partial charge in [0, 0.05) is 5.54 Å². The third-order valence-corrected chi connectivity index (χ3v) is 2.99. The van der Waals surface area contributed by atoms with Crippen LogP contribution in [0.2, 0.25) is 12.6 Å². The van der Waals surface area contributed by atoms with E-state index in [0.717, 1.165) is 0 Å². The summed E-state index contributed by atoms with van der Waals surface area (Å²) in [5.74, 6) is 0. The zero-order valence-electron chi connectivity index (χ0n) is 6.06. The van der Waals surface area contributed by atoms with Crippen LogP contribution in [0.3, 0.4) is 0 Å². The molecule has 0 saturated carbocycles. The van der Waals surface area contributed by atoms with Crippen molar-refractivity contribution in [1.29, 1.82) is 0 Å². The van der Waals surface area contributed by atoms with Crippen LogP contribution in [0.15, 0.2) is 0 Å². The highest BCUT2D eigenvalue weighted by atomic mass is 15.2. The molecule has 0 N–H and O–H groups in total. The zero-order chi connectivity index (χ0) is 6.32. The van der Waals surface area contributed by atoms with E-state index in [2.05, 4.69) is 19.2 Å². The SMILES string of the molecule is CN1CCCC12C[B]C2. The maximum atomic E-state index is 2.53. The normalized spacial score (nSPS) is 32.1. The van der Waals surface area contributed by atoms with E-state index in [1.54, 1.807) is 0 Å². The van der Waals surface area contributed by atoms with Crippen molar-refractivity contribution < 1.29 is 0 Å². The van der Waals surface area contributed by atoms with Crippen molar-refractivity contribution in [3.8, 4) is 0 Å². The first-order valence-electron chi connectivity index (χ1n) is 3.86. The number of rotatable bonds is 0. The minimum Gasteiger partial charge on any atom is -0.302 e. The molecule has 2 heteroatoms. The summed E-state index contributed by atoms with van der Waals surface area (Å²) in [5.41, 5.74) is 0.653. The van der Waals surface area contributed by atoms with Gasteiger partial charge in [0.15, 0.2) is 0 Å². The van der Waals surface area contributed by atoms with E-state index in [0.29, 0.717) is 5.54 Å². The average molecular weight is 122 g/mol. The summed E-state index contributed by atoms with van der Waals surface area (Å²) in [6.07, 6.45) is 5.57. The molecule has 2 fully saturated rings. The molecular formula is C7H13BN. The van der Waals surface area contributed by atoms with Crippen molar-refractivity contribution >= 4 is 7.28 Å². The minimum absolute atomic E-state index is 0.653. The Bertz CT molecular complexity index is 120. The van der Waals surface area contributed by atoms with E-state index < -0.39 is 0 Å². The van der Waals surface area contributed by atoms with Crippen LogP contribution in [-0.2, 0) is 0 Å². The third kappa shape index (κ3) is 0.659. The molecule has 0 aromatic carbocycles. The summed E-state index contributed by atoms with van der Waals surface area (Å²) in [6.45, 7) is 1.33. The quantitative estimate of drug-likeness (QED) is 0.433. The summed E-state index contributed by atoms with van der Waals surface area (Å²) in [6, 6.07) is 0. The van der Waals surface area contributed by atoms with Gasteiger partial charge in [0.05, 0.1) is 0 Å². The largest absolute Gasteiger partial charge is 0.302 e. The Morgan fingerprint density at radius 3 is 2.44 bits per heavy atom. The molecule has 0 bridgehead atoms. The average Bonchev–Trinajstić information content (AvgIpc) is 2.07. The van der Waals surface area contributed by atoms with Crippen molar-refractivity contribution in [3.05, 3.63) is 0 Å². The summed E-state index contributed by atoms with van der Waals surface area (Å²) in [7, 11) is 4.67. The lowest BCUT2D eigenvalue weighted by molar-refractivity contribution is 0.198. The van der Waals surface area contributed by atoms with Gasteiger partial charge in [-0.25, -0.2) is 0 Å². The third-order valence-electron chi connectivity index (χ3n) is 2.99. The van der Waals surface area contributed by atoms with Crippen molar-refractivity contribution in [2.24, 2.45) is 0 Å². The highest BCUT2D eigenvalue weighted by Crippen LogP contribution is 2.41. The Labute approximate surface area is 57.7 Å². The van der Waals surface area contributed by atoms with Crippen LogP contribution in [0.4, 0.5) is 0 Å². The van der Waals surface area contributed by atoms with E-state index >= 15 is 0 Å². The van der Waals surface area contributed by atoms with Crippen LogP contribution in [0.5, 0.6) is 0 Å². The first kappa shape index (κ1) is 5.78. The first-order chi connectivity index (χ1) is 4.33. The summed E-state index contributed by atoms with van der Waals surface area (Å²) < 4.78 is 0. The highest BCUT2D eigenvalue weighted by molar-refractivity contribution is 6.41. The number of hydrogen-bond acceptors (Lipinski definition) is 1. The van der Waals surface area contributed by atoms with E-state index in [1.165, 1.54) is 32.0 Å². The molecule has 2 aliphatic rings. The maximum absolute atomic E-state index is 2.53. The van der Waals surface area contributed by atoms with E-state index in [9.17, 15) is 0 Å².